The van der Waals surface area contributed by atoms with Gasteiger partial charge >= 0.3 is 6.01 Å². The summed E-state index contributed by atoms with van der Waals surface area (Å²) in [7, 11) is 0. The Labute approximate surface area is 162 Å². The average molecular weight is 398 g/mol. The van der Waals surface area contributed by atoms with Crippen LogP contribution in [-0.2, 0) is 9.47 Å². The predicted molar refractivity (Wildman–Crippen MR) is 99.4 cm³/mol. The highest BCUT2D eigenvalue weighted by molar-refractivity contribution is 6.28. The summed E-state index contributed by atoms with van der Waals surface area (Å²) in [6.07, 6.45) is 2.08. The summed E-state index contributed by atoms with van der Waals surface area (Å²) in [5, 5.41) is 9.78. The van der Waals surface area contributed by atoms with Gasteiger partial charge in [0, 0.05) is 19.7 Å². The van der Waals surface area contributed by atoms with E-state index in [2.05, 4.69) is 19.9 Å². The van der Waals surface area contributed by atoms with Crippen molar-refractivity contribution in [3.8, 4) is 6.01 Å². The van der Waals surface area contributed by atoms with E-state index >= 15 is 0 Å². The second kappa shape index (κ2) is 8.14. The van der Waals surface area contributed by atoms with Gasteiger partial charge in [0.05, 0.1) is 19.3 Å². The van der Waals surface area contributed by atoms with E-state index < -0.39 is 6.10 Å². The fourth-order valence-electron chi connectivity index (χ4n) is 3.39. The molecular formula is C17H24ClN5O4. The Bertz CT molecular complexity index is 787. The second-order valence-electron chi connectivity index (χ2n) is 6.83. The minimum Gasteiger partial charge on any atom is -0.462 e. The number of rotatable bonds is 5. The quantitative estimate of drug-likeness (QED) is 0.763. The highest BCUT2D eigenvalue weighted by atomic mass is 35.5. The SMILES string of the molecule is CC(O)COc1nc2c(N3CCOCC3)nc(Cl)nc2n1C1CCCCO1. The summed E-state index contributed by atoms with van der Waals surface area (Å²) in [6, 6.07) is 0.365. The van der Waals surface area contributed by atoms with Gasteiger partial charge in [-0.2, -0.15) is 15.0 Å². The van der Waals surface area contributed by atoms with E-state index in [1.807, 2.05) is 4.57 Å². The van der Waals surface area contributed by atoms with Crippen LogP contribution in [0.2, 0.25) is 5.28 Å². The Morgan fingerprint density at radius 1 is 1.22 bits per heavy atom. The summed E-state index contributed by atoms with van der Waals surface area (Å²) >= 11 is 6.25. The van der Waals surface area contributed by atoms with Crippen molar-refractivity contribution in [3.05, 3.63) is 5.28 Å². The first-order valence-electron chi connectivity index (χ1n) is 9.34. The molecule has 2 aromatic heterocycles. The highest BCUT2D eigenvalue weighted by Gasteiger charge is 2.28. The fraction of sp³-hybridized carbons (Fsp3) is 0.706. The molecule has 0 saturated carbocycles. The number of ether oxygens (including phenoxy) is 3. The van der Waals surface area contributed by atoms with Crippen LogP contribution in [0.25, 0.3) is 11.2 Å². The van der Waals surface area contributed by atoms with Gasteiger partial charge in [-0.15, -0.1) is 0 Å². The third-order valence-corrected chi connectivity index (χ3v) is 4.84. The molecule has 4 heterocycles. The molecule has 4 rings (SSSR count). The maximum atomic E-state index is 9.63. The number of hydrogen-bond donors (Lipinski definition) is 1. The summed E-state index contributed by atoms with van der Waals surface area (Å²) < 4.78 is 19.0. The Morgan fingerprint density at radius 2 is 2.04 bits per heavy atom. The summed E-state index contributed by atoms with van der Waals surface area (Å²) in [4.78, 5) is 15.6. The molecule has 148 valence electrons. The number of aromatic nitrogens is 4. The number of aliphatic hydroxyl groups is 1. The molecule has 0 bridgehead atoms. The first-order chi connectivity index (χ1) is 13.1. The lowest BCUT2D eigenvalue weighted by atomic mass is 10.2. The van der Waals surface area contributed by atoms with Gasteiger partial charge in [0.25, 0.3) is 0 Å². The van der Waals surface area contributed by atoms with Crippen LogP contribution in [0.1, 0.15) is 32.4 Å². The molecule has 0 radical (unpaired) electrons. The van der Waals surface area contributed by atoms with Crippen LogP contribution in [0.3, 0.4) is 0 Å². The van der Waals surface area contributed by atoms with Gasteiger partial charge in [-0.05, 0) is 37.8 Å². The van der Waals surface area contributed by atoms with Crippen LogP contribution in [0, 0.1) is 0 Å². The van der Waals surface area contributed by atoms with Gasteiger partial charge in [-0.1, -0.05) is 0 Å². The van der Waals surface area contributed by atoms with Crippen molar-refractivity contribution >= 4 is 28.6 Å². The van der Waals surface area contributed by atoms with Crippen LogP contribution in [0.4, 0.5) is 5.82 Å². The largest absolute Gasteiger partial charge is 0.462 e. The third-order valence-electron chi connectivity index (χ3n) is 4.67. The zero-order chi connectivity index (χ0) is 18.8. The van der Waals surface area contributed by atoms with Gasteiger partial charge in [-0.3, -0.25) is 4.57 Å². The van der Waals surface area contributed by atoms with Crippen molar-refractivity contribution in [2.75, 3.05) is 44.4 Å². The normalized spacial score (nSPS) is 22.2. The summed E-state index contributed by atoms with van der Waals surface area (Å²) in [6.45, 7) is 5.14. The lowest BCUT2D eigenvalue weighted by Gasteiger charge is -2.28. The van der Waals surface area contributed by atoms with Crippen molar-refractivity contribution in [2.45, 2.75) is 38.5 Å². The highest BCUT2D eigenvalue weighted by Crippen LogP contribution is 2.35. The van der Waals surface area contributed by atoms with E-state index in [1.54, 1.807) is 6.92 Å². The van der Waals surface area contributed by atoms with Crippen LogP contribution < -0.4 is 9.64 Å². The second-order valence-corrected chi connectivity index (χ2v) is 7.17. The minimum atomic E-state index is -0.612. The molecule has 2 fully saturated rings. The number of anilines is 1. The van der Waals surface area contributed by atoms with E-state index in [0.29, 0.717) is 55.9 Å². The average Bonchev–Trinajstić information content (AvgIpc) is 3.05. The Morgan fingerprint density at radius 3 is 2.74 bits per heavy atom. The maximum absolute atomic E-state index is 9.63. The van der Waals surface area contributed by atoms with Crippen molar-refractivity contribution < 1.29 is 19.3 Å². The van der Waals surface area contributed by atoms with Gasteiger partial charge in [0.1, 0.15) is 12.8 Å². The molecule has 2 saturated heterocycles. The maximum Gasteiger partial charge on any atom is 0.301 e. The summed E-state index contributed by atoms with van der Waals surface area (Å²) in [5.74, 6) is 0.671. The molecule has 0 aromatic carbocycles. The predicted octanol–water partition coefficient (Wildman–Crippen LogP) is 1.77. The molecule has 27 heavy (non-hydrogen) atoms. The molecular weight excluding hydrogens is 374 g/mol. The van der Waals surface area contributed by atoms with Gasteiger partial charge in [-0.25, -0.2) is 0 Å². The standard InChI is InChI=1S/C17H24ClN5O4/c1-11(24)10-27-17-19-13-14(22-5-8-25-9-6-22)20-16(18)21-15(13)23(17)12-4-2-3-7-26-12/h11-12,24H,2-10H2,1H3. The minimum absolute atomic E-state index is 0.129. The molecule has 2 atom stereocenters. The number of imidazole rings is 1. The number of fused-ring (bicyclic) bond motifs is 1. The first kappa shape index (κ1) is 18.7. The molecule has 2 aliphatic heterocycles. The molecule has 2 aromatic rings. The van der Waals surface area contributed by atoms with E-state index in [4.69, 9.17) is 25.8 Å². The van der Waals surface area contributed by atoms with Crippen molar-refractivity contribution in [1.29, 1.82) is 0 Å². The monoisotopic (exact) mass is 397 g/mol. The molecule has 9 nitrogen and oxygen atoms in total. The molecule has 10 heteroatoms. The number of halogens is 1. The Kier molecular flexibility index (Phi) is 5.63. The molecule has 0 spiro atoms. The van der Waals surface area contributed by atoms with Crippen LogP contribution >= 0.6 is 11.6 Å². The van der Waals surface area contributed by atoms with E-state index in [0.717, 1.165) is 19.3 Å². The first-order valence-corrected chi connectivity index (χ1v) is 9.72. The van der Waals surface area contributed by atoms with Crippen LogP contribution in [0.5, 0.6) is 6.01 Å². The van der Waals surface area contributed by atoms with Gasteiger partial charge < -0.3 is 24.2 Å². The number of nitrogens with zero attached hydrogens (tertiary/aromatic N) is 5. The van der Waals surface area contributed by atoms with E-state index in [1.165, 1.54) is 0 Å². The molecule has 1 N–H and O–H groups in total. The van der Waals surface area contributed by atoms with Crippen LogP contribution in [0.15, 0.2) is 0 Å². The lowest BCUT2D eigenvalue weighted by molar-refractivity contribution is -0.0354. The van der Waals surface area contributed by atoms with Gasteiger partial charge in [0.2, 0.25) is 5.28 Å². The molecule has 2 aliphatic rings. The molecule has 0 amide bonds. The molecule has 0 aliphatic carbocycles. The number of aliphatic hydroxyl groups excluding tert-OH is 1. The van der Waals surface area contributed by atoms with Crippen molar-refractivity contribution in [1.82, 2.24) is 19.5 Å². The number of morpholine rings is 1. The summed E-state index contributed by atoms with van der Waals surface area (Å²) in [5.41, 5.74) is 1.21. The zero-order valence-electron chi connectivity index (χ0n) is 15.3. The topological polar surface area (TPSA) is 94.8 Å². The van der Waals surface area contributed by atoms with Crippen LogP contribution in [-0.4, -0.2) is 70.2 Å². The van der Waals surface area contributed by atoms with Gasteiger partial charge in [0.15, 0.2) is 17.0 Å². The fourth-order valence-corrected chi connectivity index (χ4v) is 3.55. The Balaban J connectivity index is 1.81. The Hall–Kier alpha value is -1.68. The molecule has 2 unspecified atom stereocenters. The third kappa shape index (κ3) is 3.96. The smallest absolute Gasteiger partial charge is 0.301 e. The zero-order valence-corrected chi connectivity index (χ0v) is 16.1. The number of hydrogen-bond acceptors (Lipinski definition) is 8. The van der Waals surface area contributed by atoms with Crippen molar-refractivity contribution in [2.24, 2.45) is 0 Å². The van der Waals surface area contributed by atoms with Crippen molar-refractivity contribution in [3.63, 3.8) is 0 Å². The van der Waals surface area contributed by atoms with E-state index in [-0.39, 0.29) is 18.1 Å². The lowest BCUT2D eigenvalue weighted by Crippen LogP contribution is -2.37. The van der Waals surface area contributed by atoms with E-state index in [9.17, 15) is 5.11 Å².